The molecule has 0 saturated carbocycles. The van der Waals surface area contributed by atoms with Crippen LogP contribution in [0.5, 0.6) is 17.2 Å². The second-order valence-corrected chi connectivity index (χ2v) is 6.66. The summed E-state index contributed by atoms with van der Waals surface area (Å²) in [6, 6.07) is 8.03. The average molecular weight is 430 g/mol. The van der Waals surface area contributed by atoms with E-state index in [1.165, 1.54) is 44.4 Å². The van der Waals surface area contributed by atoms with Crippen molar-refractivity contribution in [3.8, 4) is 22.9 Å². The summed E-state index contributed by atoms with van der Waals surface area (Å²) in [6.45, 7) is 1.82. The lowest BCUT2D eigenvalue weighted by molar-refractivity contribution is 0.102. The van der Waals surface area contributed by atoms with Gasteiger partial charge in [0.2, 0.25) is 0 Å². The van der Waals surface area contributed by atoms with Crippen LogP contribution in [0.2, 0.25) is 5.02 Å². The zero-order valence-corrected chi connectivity index (χ0v) is 17.6. The van der Waals surface area contributed by atoms with Crippen LogP contribution in [0.3, 0.4) is 0 Å². The van der Waals surface area contributed by atoms with Gasteiger partial charge in [0.1, 0.15) is 5.75 Å². The Balaban J connectivity index is 1.98. The van der Waals surface area contributed by atoms with Crippen molar-refractivity contribution in [2.45, 2.75) is 6.92 Å². The summed E-state index contributed by atoms with van der Waals surface area (Å²) in [5.74, 6) is 0.643. The molecule has 1 amide bonds. The summed E-state index contributed by atoms with van der Waals surface area (Å²) in [4.78, 5) is 29.7. The smallest absolute Gasteiger partial charge is 0.298 e. The number of hydrogen-bond acceptors (Lipinski definition) is 6. The third-order valence-electron chi connectivity index (χ3n) is 4.44. The topological polar surface area (TPSA) is 91.7 Å². The molecule has 3 rings (SSSR count). The minimum absolute atomic E-state index is 0.132. The van der Waals surface area contributed by atoms with Gasteiger partial charge in [0.15, 0.2) is 17.3 Å². The molecule has 0 aliphatic carbocycles. The van der Waals surface area contributed by atoms with Crippen LogP contribution in [0.1, 0.15) is 15.9 Å². The van der Waals surface area contributed by atoms with E-state index in [2.05, 4.69) is 10.3 Å². The molecule has 0 bridgehead atoms. The number of carbonyl (C=O) groups is 1. The van der Waals surface area contributed by atoms with Gasteiger partial charge < -0.3 is 19.5 Å². The number of anilines is 1. The van der Waals surface area contributed by atoms with Gasteiger partial charge >= 0.3 is 0 Å². The molecule has 0 spiro atoms. The molecule has 156 valence electrons. The highest BCUT2D eigenvalue weighted by molar-refractivity contribution is 6.31. The summed E-state index contributed by atoms with van der Waals surface area (Å²) < 4.78 is 17.1. The Labute approximate surface area is 178 Å². The van der Waals surface area contributed by atoms with Crippen molar-refractivity contribution in [2.75, 3.05) is 26.6 Å². The van der Waals surface area contributed by atoms with Crippen molar-refractivity contribution >= 4 is 23.3 Å². The molecule has 9 heteroatoms. The number of nitrogens with zero attached hydrogens (tertiary/aromatic N) is 2. The molecule has 8 nitrogen and oxygen atoms in total. The van der Waals surface area contributed by atoms with E-state index in [1.54, 1.807) is 24.3 Å². The van der Waals surface area contributed by atoms with E-state index in [1.807, 2.05) is 6.92 Å². The van der Waals surface area contributed by atoms with Gasteiger partial charge in [0.25, 0.3) is 11.5 Å². The summed E-state index contributed by atoms with van der Waals surface area (Å²) in [5, 5.41) is 3.06. The zero-order valence-electron chi connectivity index (χ0n) is 16.9. The standard InChI is InChI=1S/C21H20ClN3O5/c1-12-9-15(17(29-3)11-14(12)22)25-8-7-23-19(21(25)27)24-20(26)13-5-6-16(28-2)18(10-13)30-4/h5-11H,1-4H3,(H,23,24,26). The van der Waals surface area contributed by atoms with E-state index in [0.717, 1.165) is 5.56 Å². The SMILES string of the molecule is COc1ccc(C(=O)Nc2nccn(-c3cc(C)c(Cl)cc3OC)c2=O)cc1OC. The van der Waals surface area contributed by atoms with Crippen LogP contribution in [-0.4, -0.2) is 36.8 Å². The fourth-order valence-electron chi connectivity index (χ4n) is 2.84. The predicted molar refractivity (Wildman–Crippen MR) is 114 cm³/mol. The maximum Gasteiger partial charge on any atom is 0.298 e. The number of aromatic nitrogens is 2. The van der Waals surface area contributed by atoms with Crippen LogP contribution >= 0.6 is 11.6 Å². The van der Waals surface area contributed by atoms with E-state index in [9.17, 15) is 9.59 Å². The molecule has 1 aromatic heterocycles. The third kappa shape index (κ3) is 4.08. The molecule has 3 aromatic rings. The number of rotatable bonds is 6. The minimum Gasteiger partial charge on any atom is -0.495 e. The van der Waals surface area contributed by atoms with Gasteiger partial charge in [0, 0.05) is 29.0 Å². The van der Waals surface area contributed by atoms with E-state index in [0.29, 0.717) is 28.0 Å². The van der Waals surface area contributed by atoms with Crippen LogP contribution in [-0.2, 0) is 0 Å². The average Bonchev–Trinajstić information content (AvgIpc) is 2.76. The number of methoxy groups -OCH3 is 3. The first-order valence-electron chi connectivity index (χ1n) is 8.85. The van der Waals surface area contributed by atoms with Gasteiger partial charge in [0.05, 0.1) is 27.0 Å². The zero-order chi connectivity index (χ0) is 21.8. The fraction of sp³-hybridized carbons (Fsp3) is 0.190. The number of carbonyl (C=O) groups excluding carboxylic acids is 1. The Morgan fingerprint density at radius 2 is 1.73 bits per heavy atom. The van der Waals surface area contributed by atoms with Gasteiger partial charge in [-0.05, 0) is 36.8 Å². The highest BCUT2D eigenvalue weighted by Crippen LogP contribution is 2.29. The molecular weight excluding hydrogens is 410 g/mol. The van der Waals surface area contributed by atoms with Crippen molar-refractivity contribution in [1.29, 1.82) is 0 Å². The Kier molecular flexibility index (Phi) is 6.27. The molecule has 1 heterocycles. The summed E-state index contributed by atoms with van der Waals surface area (Å²) in [5.41, 5.74) is 1.01. The molecule has 0 radical (unpaired) electrons. The van der Waals surface area contributed by atoms with Crippen LogP contribution in [0.4, 0.5) is 5.82 Å². The number of nitrogens with one attached hydrogen (secondary N) is 1. The number of halogens is 1. The Hall–Kier alpha value is -3.52. The molecule has 1 N–H and O–H groups in total. The van der Waals surface area contributed by atoms with Crippen molar-refractivity contribution in [3.05, 3.63) is 69.2 Å². The first kappa shape index (κ1) is 21.2. The molecule has 0 aliphatic rings. The quantitative estimate of drug-likeness (QED) is 0.645. The maximum absolute atomic E-state index is 13.0. The van der Waals surface area contributed by atoms with Crippen LogP contribution in [0.25, 0.3) is 5.69 Å². The number of aryl methyl sites for hydroxylation is 1. The predicted octanol–water partition coefficient (Wildman–Crippen LogP) is 3.47. The summed E-state index contributed by atoms with van der Waals surface area (Å²) >= 11 is 6.15. The fourth-order valence-corrected chi connectivity index (χ4v) is 3.00. The van der Waals surface area contributed by atoms with Crippen LogP contribution < -0.4 is 25.1 Å². The molecule has 0 unspecified atom stereocenters. The van der Waals surface area contributed by atoms with Gasteiger partial charge in [-0.15, -0.1) is 0 Å². The van der Waals surface area contributed by atoms with Crippen molar-refractivity contribution < 1.29 is 19.0 Å². The molecule has 0 atom stereocenters. The van der Waals surface area contributed by atoms with E-state index in [-0.39, 0.29) is 11.4 Å². The monoisotopic (exact) mass is 429 g/mol. The van der Waals surface area contributed by atoms with Crippen LogP contribution in [0.15, 0.2) is 47.5 Å². The van der Waals surface area contributed by atoms with Crippen molar-refractivity contribution in [1.82, 2.24) is 9.55 Å². The normalized spacial score (nSPS) is 10.4. The number of ether oxygens (including phenoxy) is 3. The summed E-state index contributed by atoms with van der Waals surface area (Å²) in [7, 11) is 4.45. The molecule has 30 heavy (non-hydrogen) atoms. The van der Waals surface area contributed by atoms with Crippen LogP contribution in [0, 0.1) is 6.92 Å². The van der Waals surface area contributed by atoms with Gasteiger partial charge in [-0.3, -0.25) is 14.2 Å². The molecule has 0 aliphatic heterocycles. The van der Waals surface area contributed by atoms with E-state index >= 15 is 0 Å². The first-order chi connectivity index (χ1) is 14.4. The highest BCUT2D eigenvalue weighted by atomic mass is 35.5. The second kappa shape index (κ2) is 8.87. The lowest BCUT2D eigenvalue weighted by atomic mass is 10.2. The van der Waals surface area contributed by atoms with Gasteiger partial charge in [-0.25, -0.2) is 4.98 Å². The molecule has 0 saturated heterocycles. The number of benzene rings is 2. The number of amides is 1. The van der Waals surface area contributed by atoms with Gasteiger partial charge in [-0.2, -0.15) is 0 Å². The second-order valence-electron chi connectivity index (χ2n) is 6.25. The van der Waals surface area contributed by atoms with E-state index in [4.69, 9.17) is 25.8 Å². The number of hydrogen-bond donors (Lipinski definition) is 1. The van der Waals surface area contributed by atoms with Crippen molar-refractivity contribution in [3.63, 3.8) is 0 Å². The largest absolute Gasteiger partial charge is 0.495 e. The minimum atomic E-state index is -0.522. The lowest BCUT2D eigenvalue weighted by Crippen LogP contribution is -2.26. The Bertz CT molecular complexity index is 1160. The van der Waals surface area contributed by atoms with Crippen molar-refractivity contribution in [2.24, 2.45) is 0 Å². The first-order valence-corrected chi connectivity index (χ1v) is 9.23. The molecule has 2 aromatic carbocycles. The molecule has 0 fully saturated rings. The Morgan fingerprint density at radius 3 is 2.40 bits per heavy atom. The third-order valence-corrected chi connectivity index (χ3v) is 4.85. The Morgan fingerprint density at radius 1 is 1.03 bits per heavy atom. The lowest BCUT2D eigenvalue weighted by Gasteiger charge is -2.14. The van der Waals surface area contributed by atoms with Gasteiger partial charge in [-0.1, -0.05) is 11.6 Å². The highest BCUT2D eigenvalue weighted by Gasteiger charge is 2.16. The van der Waals surface area contributed by atoms with E-state index < -0.39 is 11.5 Å². The molecular formula is C21H20ClN3O5. The summed E-state index contributed by atoms with van der Waals surface area (Å²) in [6.07, 6.45) is 2.90. The maximum atomic E-state index is 13.0.